The molecule has 0 N–H and O–H groups in total. The summed E-state index contributed by atoms with van der Waals surface area (Å²) in [6, 6.07) is 0.455. The number of likely N-dealkylation sites (tertiary alicyclic amines) is 1. The fourth-order valence-corrected chi connectivity index (χ4v) is 2.63. The van der Waals surface area contributed by atoms with Crippen molar-refractivity contribution < 1.29 is 4.79 Å². The fraction of sp³-hybridized carbons (Fsp3) is 0.909. The lowest BCUT2D eigenvalue weighted by Gasteiger charge is -2.32. The Morgan fingerprint density at radius 1 is 1.43 bits per heavy atom. The van der Waals surface area contributed by atoms with Gasteiger partial charge < -0.3 is 4.90 Å². The van der Waals surface area contributed by atoms with Gasteiger partial charge in [0.25, 0.3) is 0 Å². The molecule has 1 saturated heterocycles. The molecule has 1 aliphatic rings. The van der Waals surface area contributed by atoms with E-state index in [-0.39, 0.29) is 0 Å². The fourth-order valence-electron chi connectivity index (χ4n) is 2.11. The van der Waals surface area contributed by atoms with E-state index in [2.05, 4.69) is 48.3 Å². The maximum absolute atomic E-state index is 11.6. The Labute approximate surface area is 101 Å². The molecule has 0 aromatic rings. The van der Waals surface area contributed by atoms with Gasteiger partial charge in [0.1, 0.15) is 0 Å². The molecular weight excluding hydrogens is 289 g/mol. The van der Waals surface area contributed by atoms with Gasteiger partial charge in [-0.15, -0.1) is 0 Å². The molecule has 2 atom stereocenters. The van der Waals surface area contributed by atoms with E-state index in [9.17, 15) is 4.79 Å². The van der Waals surface area contributed by atoms with Crippen LogP contribution in [0.15, 0.2) is 0 Å². The summed E-state index contributed by atoms with van der Waals surface area (Å²) >= 11 is 2.45. The number of rotatable bonds is 4. The zero-order valence-corrected chi connectivity index (χ0v) is 11.5. The smallest absolute Gasteiger partial charge is 0.222 e. The summed E-state index contributed by atoms with van der Waals surface area (Å²) < 4.78 is 0.647. The Balaban J connectivity index is 2.61. The summed E-state index contributed by atoms with van der Waals surface area (Å²) in [6.45, 7) is 7.63. The maximum atomic E-state index is 11.6. The largest absolute Gasteiger partial charge is 0.339 e. The van der Waals surface area contributed by atoms with Crippen molar-refractivity contribution in [2.24, 2.45) is 5.92 Å². The van der Waals surface area contributed by atoms with Gasteiger partial charge in [-0.05, 0) is 18.8 Å². The molecule has 14 heavy (non-hydrogen) atoms. The third-order valence-electron chi connectivity index (χ3n) is 2.85. The van der Waals surface area contributed by atoms with Crippen molar-refractivity contribution in [3.63, 3.8) is 0 Å². The predicted octanol–water partition coefficient (Wildman–Crippen LogP) is 2.85. The highest BCUT2D eigenvalue weighted by Crippen LogP contribution is 2.24. The van der Waals surface area contributed by atoms with Gasteiger partial charge >= 0.3 is 0 Å². The van der Waals surface area contributed by atoms with Crippen molar-refractivity contribution in [3.05, 3.63) is 0 Å². The summed E-state index contributed by atoms with van der Waals surface area (Å²) in [5.41, 5.74) is 0. The molecule has 1 aliphatic heterocycles. The SMILES string of the molecule is CC(I)CC(C(C)C)N1CCCC1=O. The second-order valence-electron chi connectivity index (χ2n) is 4.52. The van der Waals surface area contributed by atoms with Crippen LogP contribution in [-0.4, -0.2) is 27.3 Å². The van der Waals surface area contributed by atoms with E-state index in [1.165, 1.54) is 0 Å². The van der Waals surface area contributed by atoms with E-state index in [1.54, 1.807) is 0 Å². The minimum Gasteiger partial charge on any atom is -0.339 e. The van der Waals surface area contributed by atoms with Crippen LogP contribution in [0.1, 0.15) is 40.0 Å². The zero-order chi connectivity index (χ0) is 10.7. The van der Waals surface area contributed by atoms with Crippen molar-refractivity contribution in [2.45, 2.75) is 50.0 Å². The highest BCUT2D eigenvalue weighted by molar-refractivity contribution is 14.1. The Kier molecular flexibility index (Phi) is 4.67. The van der Waals surface area contributed by atoms with Crippen molar-refractivity contribution in [2.75, 3.05) is 6.54 Å². The monoisotopic (exact) mass is 309 g/mol. The van der Waals surface area contributed by atoms with Gasteiger partial charge in [0.2, 0.25) is 5.91 Å². The lowest BCUT2D eigenvalue weighted by Crippen LogP contribution is -2.40. The summed E-state index contributed by atoms with van der Waals surface area (Å²) in [5.74, 6) is 0.940. The Bertz CT molecular complexity index is 203. The zero-order valence-electron chi connectivity index (χ0n) is 9.29. The van der Waals surface area contributed by atoms with E-state index in [0.29, 0.717) is 21.8 Å². The third kappa shape index (κ3) is 3.11. The Hall–Kier alpha value is 0.200. The molecule has 0 aromatic carbocycles. The van der Waals surface area contributed by atoms with E-state index in [4.69, 9.17) is 0 Å². The average molecular weight is 309 g/mol. The highest BCUT2D eigenvalue weighted by atomic mass is 127. The van der Waals surface area contributed by atoms with Crippen LogP contribution in [0.3, 0.4) is 0 Å². The van der Waals surface area contributed by atoms with Crippen LogP contribution in [0.2, 0.25) is 0 Å². The molecule has 1 amide bonds. The predicted molar refractivity (Wildman–Crippen MR) is 67.7 cm³/mol. The molecule has 0 aromatic heterocycles. The number of amides is 1. The number of alkyl halides is 1. The third-order valence-corrected chi connectivity index (χ3v) is 3.35. The van der Waals surface area contributed by atoms with E-state index < -0.39 is 0 Å². The van der Waals surface area contributed by atoms with Crippen molar-refractivity contribution >= 4 is 28.5 Å². The van der Waals surface area contributed by atoms with E-state index >= 15 is 0 Å². The number of halogens is 1. The van der Waals surface area contributed by atoms with Crippen LogP contribution in [0, 0.1) is 5.92 Å². The van der Waals surface area contributed by atoms with Gasteiger partial charge in [0, 0.05) is 22.9 Å². The number of carbonyl (C=O) groups is 1. The highest BCUT2D eigenvalue weighted by Gasteiger charge is 2.30. The molecule has 1 heterocycles. The number of hydrogen-bond donors (Lipinski definition) is 0. The Morgan fingerprint density at radius 2 is 2.07 bits per heavy atom. The van der Waals surface area contributed by atoms with E-state index in [0.717, 1.165) is 25.8 Å². The molecule has 82 valence electrons. The Morgan fingerprint density at radius 3 is 2.43 bits per heavy atom. The van der Waals surface area contributed by atoms with Crippen LogP contribution in [0.25, 0.3) is 0 Å². The van der Waals surface area contributed by atoms with Gasteiger partial charge in [-0.1, -0.05) is 43.4 Å². The second kappa shape index (κ2) is 5.33. The van der Waals surface area contributed by atoms with Crippen LogP contribution < -0.4 is 0 Å². The molecule has 0 spiro atoms. The quantitative estimate of drug-likeness (QED) is 0.578. The number of hydrogen-bond acceptors (Lipinski definition) is 1. The van der Waals surface area contributed by atoms with E-state index in [1.807, 2.05) is 0 Å². The summed E-state index contributed by atoms with van der Waals surface area (Å²) in [6.07, 6.45) is 2.94. The normalized spacial score (nSPS) is 21.8. The van der Waals surface area contributed by atoms with Gasteiger partial charge in [-0.3, -0.25) is 4.79 Å². The van der Waals surface area contributed by atoms with Crippen LogP contribution >= 0.6 is 22.6 Å². The molecule has 0 aliphatic carbocycles. The standard InChI is InChI=1S/C11H20INO/c1-8(2)10(7-9(3)12)13-6-4-5-11(13)14/h8-10H,4-7H2,1-3H3. The average Bonchev–Trinajstić information content (AvgIpc) is 2.46. The molecular formula is C11H20INO. The topological polar surface area (TPSA) is 20.3 Å². The van der Waals surface area contributed by atoms with Gasteiger partial charge in [-0.2, -0.15) is 0 Å². The molecule has 0 saturated carbocycles. The number of nitrogens with zero attached hydrogens (tertiary/aromatic N) is 1. The second-order valence-corrected chi connectivity index (χ2v) is 6.64. The molecule has 1 rings (SSSR count). The lowest BCUT2D eigenvalue weighted by molar-refractivity contribution is -0.130. The first-order valence-electron chi connectivity index (χ1n) is 5.46. The first-order chi connectivity index (χ1) is 6.52. The lowest BCUT2D eigenvalue weighted by atomic mass is 9.98. The van der Waals surface area contributed by atoms with Crippen LogP contribution in [0.5, 0.6) is 0 Å². The molecule has 2 nitrogen and oxygen atoms in total. The van der Waals surface area contributed by atoms with Gasteiger partial charge in [0.15, 0.2) is 0 Å². The first kappa shape index (κ1) is 12.3. The molecule has 2 unspecified atom stereocenters. The minimum atomic E-state index is 0.362. The molecule has 1 fully saturated rings. The van der Waals surface area contributed by atoms with Crippen molar-refractivity contribution in [1.29, 1.82) is 0 Å². The van der Waals surface area contributed by atoms with Gasteiger partial charge in [0.05, 0.1) is 0 Å². The first-order valence-corrected chi connectivity index (χ1v) is 6.70. The summed E-state index contributed by atoms with van der Waals surface area (Å²) in [7, 11) is 0. The molecule has 3 heteroatoms. The van der Waals surface area contributed by atoms with Crippen LogP contribution in [-0.2, 0) is 4.79 Å². The van der Waals surface area contributed by atoms with Crippen molar-refractivity contribution in [3.8, 4) is 0 Å². The molecule has 0 radical (unpaired) electrons. The summed E-state index contributed by atoms with van der Waals surface area (Å²) in [4.78, 5) is 13.7. The minimum absolute atomic E-state index is 0.362. The van der Waals surface area contributed by atoms with Crippen LogP contribution in [0.4, 0.5) is 0 Å². The summed E-state index contributed by atoms with van der Waals surface area (Å²) in [5, 5.41) is 0. The van der Waals surface area contributed by atoms with Gasteiger partial charge in [-0.25, -0.2) is 0 Å². The molecule has 0 bridgehead atoms. The number of carbonyl (C=O) groups excluding carboxylic acids is 1. The maximum Gasteiger partial charge on any atom is 0.222 e. The van der Waals surface area contributed by atoms with Crippen molar-refractivity contribution in [1.82, 2.24) is 4.90 Å².